The third kappa shape index (κ3) is 7.56. The minimum atomic E-state index is -2.91. The molecule has 8 nitrogen and oxygen atoms in total. The van der Waals surface area contributed by atoms with Crippen molar-refractivity contribution in [2.75, 3.05) is 38.2 Å². The van der Waals surface area contributed by atoms with Crippen molar-refractivity contribution in [1.29, 1.82) is 0 Å². The van der Waals surface area contributed by atoms with E-state index in [9.17, 15) is 13.2 Å². The average Bonchev–Trinajstić information content (AvgIpc) is 2.91. The molecular formula is C18H34N4O4S. The Labute approximate surface area is 163 Å². The van der Waals surface area contributed by atoms with Crippen LogP contribution in [0.5, 0.6) is 0 Å². The number of carbonyl (C=O) groups is 1. The third-order valence-corrected chi connectivity index (χ3v) is 6.58. The first-order valence-corrected chi connectivity index (χ1v) is 11.6. The molecule has 2 aliphatic rings. The zero-order valence-electron chi connectivity index (χ0n) is 17.0. The Balaban J connectivity index is 1.73. The number of likely N-dealkylation sites (tertiary alicyclic amines) is 1. The van der Waals surface area contributed by atoms with E-state index in [2.05, 4.69) is 15.6 Å². The minimum absolute atomic E-state index is 0.0708. The first kappa shape index (κ1) is 21.8. The molecule has 0 radical (unpaired) electrons. The van der Waals surface area contributed by atoms with Crippen LogP contribution in [0.3, 0.4) is 0 Å². The lowest BCUT2D eigenvalue weighted by atomic mass is 9.95. The molecule has 0 spiro atoms. The number of piperidine rings is 1. The summed E-state index contributed by atoms with van der Waals surface area (Å²) in [5.74, 6) is 1.46. The summed E-state index contributed by atoms with van der Waals surface area (Å²) < 4.78 is 28.6. The predicted molar refractivity (Wildman–Crippen MR) is 107 cm³/mol. The van der Waals surface area contributed by atoms with E-state index in [-0.39, 0.29) is 23.6 Å². The molecule has 2 rings (SSSR count). The van der Waals surface area contributed by atoms with Crippen LogP contribution in [0, 0.1) is 5.92 Å². The van der Waals surface area contributed by atoms with Gasteiger partial charge in [-0.2, -0.15) is 0 Å². The lowest BCUT2D eigenvalue weighted by Gasteiger charge is -2.34. The molecule has 1 amide bonds. The first-order chi connectivity index (χ1) is 12.6. The number of nitrogens with zero attached hydrogens (tertiary/aromatic N) is 2. The Morgan fingerprint density at radius 2 is 2.04 bits per heavy atom. The quantitative estimate of drug-likeness (QED) is 0.544. The normalized spacial score (nSPS) is 25.9. The van der Waals surface area contributed by atoms with Gasteiger partial charge in [-0.1, -0.05) is 0 Å². The van der Waals surface area contributed by atoms with Crippen molar-refractivity contribution in [1.82, 2.24) is 15.5 Å². The Kier molecular flexibility index (Phi) is 7.36. The molecule has 0 aliphatic carbocycles. The lowest BCUT2D eigenvalue weighted by molar-refractivity contribution is 0.0162. The maximum Gasteiger partial charge on any atom is 0.410 e. The van der Waals surface area contributed by atoms with Gasteiger partial charge in [0.1, 0.15) is 5.60 Å². The van der Waals surface area contributed by atoms with Crippen molar-refractivity contribution in [3.05, 3.63) is 0 Å². The zero-order chi connectivity index (χ0) is 20.1. The van der Waals surface area contributed by atoms with E-state index < -0.39 is 15.4 Å². The van der Waals surface area contributed by atoms with Crippen LogP contribution in [0.4, 0.5) is 4.79 Å². The Hall–Kier alpha value is -1.51. The summed E-state index contributed by atoms with van der Waals surface area (Å²) >= 11 is 0. The Bertz CT molecular complexity index is 642. The zero-order valence-corrected chi connectivity index (χ0v) is 17.8. The highest BCUT2D eigenvalue weighted by atomic mass is 32.2. The summed E-state index contributed by atoms with van der Waals surface area (Å²) in [6.07, 6.45) is 3.38. The summed E-state index contributed by atoms with van der Waals surface area (Å²) in [6.45, 7) is 7.83. The molecule has 2 heterocycles. The van der Waals surface area contributed by atoms with Gasteiger partial charge in [0.2, 0.25) is 0 Å². The molecule has 0 aromatic carbocycles. The number of hydrogen-bond donors (Lipinski definition) is 2. The molecule has 156 valence electrons. The summed E-state index contributed by atoms with van der Waals surface area (Å²) in [5, 5.41) is 6.45. The van der Waals surface area contributed by atoms with Crippen molar-refractivity contribution < 1.29 is 17.9 Å². The maximum atomic E-state index is 12.2. The van der Waals surface area contributed by atoms with E-state index in [0.29, 0.717) is 24.8 Å². The highest BCUT2D eigenvalue weighted by Gasteiger charge is 2.29. The third-order valence-electron chi connectivity index (χ3n) is 4.81. The number of carbonyl (C=O) groups excluding carboxylic acids is 1. The monoisotopic (exact) mass is 402 g/mol. The molecule has 0 aromatic rings. The van der Waals surface area contributed by atoms with E-state index in [1.807, 2.05) is 20.8 Å². The second-order valence-corrected chi connectivity index (χ2v) is 10.7. The molecule has 2 atom stereocenters. The molecule has 2 unspecified atom stereocenters. The number of ether oxygens (including phenoxy) is 1. The van der Waals surface area contributed by atoms with Gasteiger partial charge in [-0.25, -0.2) is 13.2 Å². The molecule has 2 aliphatic heterocycles. The average molecular weight is 403 g/mol. The number of hydrogen-bond acceptors (Lipinski definition) is 5. The summed E-state index contributed by atoms with van der Waals surface area (Å²) in [4.78, 5) is 18.2. The maximum absolute atomic E-state index is 12.2. The van der Waals surface area contributed by atoms with Crippen LogP contribution >= 0.6 is 0 Å². The van der Waals surface area contributed by atoms with Crippen molar-refractivity contribution in [2.45, 2.75) is 58.1 Å². The molecule has 9 heteroatoms. The summed E-state index contributed by atoms with van der Waals surface area (Å²) in [6, 6.07) is -0.0708. The van der Waals surface area contributed by atoms with Crippen molar-refractivity contribution in [2.24, 2.45) is 10.9 Å². The smallest absolute Gasteiger partial charge is 0.410 e. The van der Waals surface area contributed by atoms with Crippen molar-refractivity contribution in [3.8, 4) is 0 Å². The number of nitrogens with one attached hydrogen (secondary N) is 2. The van der Waals surface area contributed by atoms with Gasteiger partial charge in [0.25, 0.3) is 0 Å². The molecular weight excluding hydrogens is 368 g/mol. The Morgan fingerprint density at radius 1 is 1.30 bits per heavy atom. The van der Waals surface area contributed by atoms with Gasteiger partial charge in [0.15, 0.2) is 15.8 Å². The van der Waals surface area contributed by atoms with Gasteiger partial charge in [0, 0.05) is 32.7 Å². The van der Waals surface area contributed by atoms with Crippen LogP contribution in [0.2, 0.25) is 0 Å². The predicted octanol–water partition coefficient (Wildman–Crippen LogP) is 1.38. The number of sulfone groups is 1. The van der Waals surface area contributed by atoms with Gasteiger partial charge in [-0.05, 0) is 52.4 Å². The van der Waals surface area contributed by atoms with Crippen LogP contribution in [-0.2, 0) is 14.6 Å². The van der Waals surface area contributed by atoms with E-state index in [4.69, 9.17) is 4.74 Å². The van der Waals surface area contributed by atoms with E-state index >= 15 is 0 Å². The van der Waals surface area contributed by atoms with Crippen LogP contribution in [0.1, 0.15) is 46.5 Å². The molecule has 2 fully saturated rings. The van der Waals surface area contributed by atoms with Crippen molar-refractivity contribution in [3.63, 3.8) is 0 Å². The number of rotatable bonds is 4. The molecule has 0 bridgehead atoms. The molecule has 2 saturated heterocycles. The number of aliphatic imine (C=N–C) groups is 1. The van der Waals surface area contributed by atoms with E-state index in [0.717, 1.165) is 32.4 Å². The van der Waals surface area contributed by atoms with Crippen molar-refractivity contribution >= 4 is 21.9 Å². The fourth-order valence-corrected chi connectivity index (χ4v) is 5.16. The SMILES string of the molecule is CN=C(NCCC1CCCN(C(=O)OC(C)(C)C)C1)NC1CCS(=O)(=O)C1. The van der Waals surface area contributed by atoms with Crippen LogP contribution < -0.4 is 10.6 Å². The van der Waals surface area contributed by atoms with Gasteiger partial charge in [-0.15, -0.1) is 0 Å². The minimum Gasteiger partial charge on any atom is -0.444 e. The fraction of sp³-hybridized carbons (Fsp3) is 0.889. The Morgan fingerprint density at radius 3 is 2.63 bits per heavy atom. The largest absolute Gasteiger partial charge is 0.444 e. The topological polar surface area (TPSA) is 100 Å². The van der Waals surface area contributed by atoms with Gasteiger partial charge in [-0.3, -0.25) is 4.99 Å². The second-order valence-electron chi connectivity index (χ2n) is 8.47. The standard InChI is InChI=1S/C18H34N4O4S/c1-18(2,3)26-17(23)22-10-5-6-14(12-22)7-9-20-16(19-4)21-15-8-11-27(24,25)13-15/h14-15H,5-13H2,1-4H3,(H2,19,20,21). The van der Waals surface area contributed by atoms with Crippen LogP contribution in [-0.4, -0.2) is 75.2 Å². The summed E-state index contributed by atoms with van der Waals surface area (Å²) in [7, 11) is -1.22. The van der Waals surface area contributed by atoms with Crippen LogP contribution in [0.25, 0.3) is 0 Å². The summed E-state index contributed by atoms with van der Waals surface area (Å²) in [5.41, 5.74) is -0.475. The molecule has 2 N–H and O–H groups in total. The molecule has 27 heavy (non-hydrogen) atoms. The number of amides is 1. The second kappa shape index (κ2) is 9.12. The highest BCUT2D eigenvalue weighted by Crippen LogP contribution is 2.21. The molecule has 0 aromatic heterocycles. The van der Waals surface area contributed by atoms with Gasteiger partial charge >= 0.3 is 6.09 Å². The lowest BCUT2D eigenvalue weighted by Crippen LogP contribution is -2.46. The first-order valence-electron chi connectivity index (χ1n) is 9.73. The van der Waals surface area contributed by atoms with Gasteiger partial charge in [0.05, 0.1) is 11.5 Å². The van der Waals surface area contributed by atoms with Gasteiger partial charge < -0.3 is 20.3 Å². The molecule has 0 saturated carbocycles. The van der Waals surface area contributed by atoms with Crippen LogP contribution in [0.15, 0.2) is 4.99 Å². The highest BCUT2D eigenvalue weighted by molar-refractivity contribution is 7.91. The van der Waals surface area contributed by atoms with E-state index in [1.165, 1.54) is 0 Å². The van der Waals surface area contributed by atoms with E-state index in [1.54, 1.807) is 11.9 Å². The fourth-order valence-electron chi connectivity index (χ4n) is 3.48. The number of guanidine groups is 1.